The first-order valence-electron chi connectivity index (χ1n) is 7.68. The summed E-state index contributed by atoms with van der Waals surface area (Å²) in [6.45, 7) is 1.30. The van der Waals surface area contributed by atoms with Crippen LogP contribution in [-0.4, -0.2) is 44.2 Å². The number of sulfonamides is 1. The van der Waals surface area contributed by atoms with Gasteiger partial charge in [-0.15, -0.1) is 11.3 Å². The maximum atomic E-state index is 12.3. The average molecular weight is 395 g/mol. The number of ether oxygens (including phenoxy) is 1. The highest BCUT2D eigenvalue weighted by Crippen LogP contribution is 2.32. The molecule has 0 fully saturated rings. The highest BCUT2D eigenvalue weighted by molar-refractivity contribution is 7.91. The summed E-state index contributed by atoms with van der Waals surface area (Å²) in [7, 11) is -2.35. The molecule has 3 rings (SSSR count). The highest BCUT2D eigenvalue weighted by atomic mass is 32.2. The molecule has 2 aromatic rings. The first-order chi connectivity index (χ1) is 12.3. The van der Waals surface area contributed by atoms with Crippen LogP contribution in [0.15, 0.2) is 39.9 Å². The van der Waals surface area contributed by atoms with Crippen LogP contribution in [0.25, 0.3) is 0 Å². The Kier molecular flexibility index (Phi) is 4.99. The van der Waals surface area contributed by atoms with Crippen LogP contribution in [0.2, 0.25) is 0 Å². The molecular weight excluding hydrogens is 378 g/mol. The van der Waals surface area contributed by atoms with Crippen molar-refractivity contribution >= 4 is 44.5 Å². The summed E-state index contributed by atoms with van der Waals surface area (Å²) in [5.74, 6) is -0.265. The molecule has 0 aliphatic carbocycles. The molecule has 1 aliphatic heterocycles. The highest BCUT2D eigenvalue weighted by Gasteiger charge is 2.25. The normalized spacial score (nSPS) is 16.6. The van der Waals surface area contributed by atoms with Crippen molar-refractivity contribution in [2.45, 2.75) is 17.2 Å². The van der Waals surface area contributed by atoms with Gasteiger partial charge in [-0.3, -0.25) is 9.59 Å². The fraction of sp³-hybridized carbons (Fsp3) is 0.250. The molecular formula is C16H17N3O5S2. The van der Waals surface area contributed by atoms with Gasteiger partial charge in [-0.25, -0.2) is 8.42 Å². The number of carbonyl (C=O) groups is 2. The minimum atomic E-state index is -3.70. The number of fused-ring (bicyclic) bond motifs is 1. The third-order valence-corrected chi connectivity index (χ3v) is 6.90. The number of benzene rings is 1. The summed E-state index contributed by atoms with van der Waals surface area (Å²) >= 11 is 1.09. The van der Waals surface area contributed by atoms with E-state index in [9.17, 15) is 18.0 Å². The number of carbonyl (C=O) groups excluding carboxylic acids is 2. The number of amides is 2. The quantitative estimate of drug-likeness (QED) is 0.802. The summed E-state index contributed by atoms with van der Waals surface area (Å²) in [6, 6.07) is 7.93. The molecule has 26 heavy (non-hydrogen) atoms. The van der Waals surface area contributed by atoms with E-state index in [0.717, 1.165) is 15.6 Å². The predicted molar refractivity (Wildman–Crippen MR) is 97.9 cm³/mol. The van der Waals surface area contributed by atoms with Crippen LogP contribution < -0.4 is 15.4 Å². The number of hydrogen-bond donors (Lipinski definition) is 2. The van der Waals surface area contributed by atoms with Gasteiger partial charge in [-0.2, -0.15) is 4.31 Å². The van der Waals surface area contributed by atoms with Crippen molar-refractivity contribution in [1.29, 1.82) is 0 Å². The van der Waals surface area contributed by atoms with Crippen LogP contribution in [0.3, 0.4) is 0 Å². The van der Waals surface area contributed by atoms with Crippen molar-refractivity contribution in [2.24, 2.45) is 0 Å². The van der Waals surface area contributed by atoms with E-state index < -0.39 is 22.0 Å². The zero-order chi connectivity index (χ0) is 18.9. The Morgan fingerprint density at radius 2 is 2.15 bits per heavy atom. The fourth-order valence-corrected chi connectivity index (χ4v) is 4.67. The summed E-state index contributed by atoms with van der Waals surface area (Å²) in [5.41, 5.74) is 0.875. The number of rotatable bonds is 5. The minimum Gasteiger partial charge on any atom is -0.479 e. The van der Waals surface area contributed by atoms with Gasteiger partial charge < -0.3 is 15.4 Å². The number of nitrogens with one attached hydrogen (secondary N) is 2. The second kappa shape index (κ2) is 7.06. The first kappa shape index (κ1) is 18.4. The van der Waals surface area contributed by atoms with Crippen molar-refractivity contribution in [3.63, 3.8) is 0 Å². The monoisotopic (exact) mass is 395 g/mol. The van der Waals surface area contributed by atoms with Crippen LogP contribution in [0.4, 0.5) is 11.4 Å². The third kappa shape index (κ3) is 3.71. The van der Waals surface area contributed by atoms with Gasteiger partial charge in [0.15, 0.2) is 6.10 Å². The van der Waals surface area contributed by atoms with Gasteiger partial charge in [-0.05, 0) is 36.6 Å². The molecule has 1 atom stereocenters. The molecule has 0 bridgehead atoms. The van der Waals surface area contributed by atoms with Crippen LogP contribution >= 0.6 is 11.3 Å². The van der Waals surface area contributed by atoms with E-state index in [-0.39, 0.29) is 16.7 Å². The van der Waals surface area contributed by atoms with E-state index in [4.69, 9.17) is 4.74 Å². The zero-order valence-electron chi connectivity index (χ0n) is 14.1. The third-order valence-electron chi connectivity index (χ3n) is 3.72. The van der Waals surface area contributed by atoms with Crippen molar-refractivity contribution in [2.75, 3.05) is 24.2 Å². The predicted octanol–water partition coefficient (Wildman–Crippen LogP) is 1.73. The molecule has 0 spiro atoms. The lowest BCUT2D eigenvalue weighted by Gasteiger charge is -2.23. The molecule has 10 heteroatoms. The molecule has 2 heterocycles. The van der Waals surface area contributed by atoms with Crippen LogP contribution in [-0.2, 0) is 19.6 Å². The van der Waals surface area contributed by atoms with Gasteiger partial charge in [-0.1, -0.05) is 6.07 Å². The Bertz CT molecular complexity index is 941. The van der Waals surface area contributed by atoms with E-state index in [2.05, 4.69) is 10.6 Å². The van der Waals surface area contributed by atoms with Crippen LogP contribution in [0.1, 0.15) is 6.92 Å². The number of likely N-dealkylation sites (N-methyl/N-ethyl adjacent to an activating group) is 1. The van der Waals surface area contributed by atoms with E-state index in [1.54, 1.807) is 36.6 Å². The molecule has 1 aromatic carbocycles. The lowest BCUT2D eigenvalue weighted by molar-refractivity contribution is -0.122. The van der Waals surface area contributed by atoms with E-state index in [0.29, 0.717) is 17.1 Å². The second-order valence-electron chi connectivity index (χ2n) is 5.70. The van der Waals surface area contributed by atoms with E-state index in [1.165, 1.54) is 13.1 Å². The topological polar surface area (TPSA) is 105 Å². The summed E-state index contributed by atoms with van der Waals surface area (Å²) in [6.07, 6.45) is -0.584. The number of anilines is 2. The minimum absolute atomic E-state index is 0.176. The fourth-order valence-electron chi connectivity index (χ4n) is 2.34. The molecule has 2 amide bonds. The van der Waals surface area contributed by atoms with Gasteiger partial charge in [0.05, 0.1) is 12.2 Å². The summed E-state index contributed by atoms with van der Waals surface area (Å²) in [5, 5.41) is 6.96. The van der Waals surface area contributed by atoms with Crippen molar-refractivity contribution < 1.29 is 22.7 Å². The van der Waals surface area contributed by atoms with Gasteiger partial charge in [0.1, 0.15) is 9.96 Å². The maximum absolute atomic E-state index is 12.3. The zero-order valence-corrected chi connectivity index (χ0v) is 15.7. The lowest BCUT2D eigenvalue weighted by Crippen LogP contribution is -2.35. The maximum Gasteiger partial charge on any atom is 0.265 e. The molecule has 0 saturated heterocycles. The van der Waals surface area contributed by atoms with Gasteiger partial charge in [0.25, 0.3) is 15.9 Å². The molecule has 0 unspecified atom stereocenters. The Balaban J connectivity index is 1.67. The van der Waals surface area contributed by atoms with Gasteiger partial charge in [0.2, 0.25) is 5.91 Å². The number of hydrogen-bond acceptors (Lipinski definition) is 6. The Hall–Kier alpha value is -2.43. The van der Waals surface area contributed by atoms with Gasteiger partial charge in [0, 0.05) is 12.7 Å². The summed E-state index contributed by atoms with van der Waals surface area (Å²) in [4.78, 5) is 23.9. The second-order valence-corrected chi connectivity index (χ2v) is 8.92. The summed E-state index contributed by atoms with van der Waals surface area (Å²) < 4.78 is 31.3. The molecule has 138 valence electrons. The Labute approximate surface area is 154 Å². The average Bonchev–Trinajstić information content (AvgIpc) is 3.11. The van der Waals surface area contributed by atoms with E-state index >= 15 is 0 Å². The SMILES string of the molecule is C[C@H]1Oc2ccc(NC(=O)CN(C)S(=O)(=O)c3cccs3)cc2NC1=O. The largest absolute Gasteiger partial charge is 0.479 e. The van der Waals surface area contributed by atoms with Crippen molar-refractivity contribution in [3.8, 4) is 5.75 Å². The van der Waals surface area contributed by atoms with Crippen LogP contribution in [0, 0.1) is 0 Å². The van der Waals surface area contributed by atoms with Crippen LogP contribution in [0.5, 0.6) is 5.75 Å². The number of thiophene rings is 1. The first-order valence-corrected chi connectivity index (χ1v) is 10.0. The Morgan fingerprint density at radius 1 is 1.38 bits per heavy atom. The lowest BCUT2D eigenvalue weighted by atomic mass is 10.2. The van der Waals surface area contributed by atoms with Crippen molar-refractivity contribution in [3.05, 3.63) is 35.7 Å². The Morgan fingerprint density at radius 3 is 2.85 bits per heavy atom. The van der Waals surface area contributed by atoms with E-state index in [1.807, 2.05) is 0 Å². The molecule has 0 radical (unpaired) electrons. The van der Waals surface area contributed by atoms with Gasteiger partial charge >= 0.3 is 0 Å². The molecule has 0 saturated carbocycles. The standard InChI is InChI=1S/C16H17N3O5S2/c1-10-16(21)18-12-8-11(5-6-13(12)24-10)17-14(20)9-19(2)26(22,23)15-4-3-7-25-15/h3-8,10H,9H2,1-2H3,(H,17,20)(H,18,21)/t10-/m1/s1. The molecule has 1 aliphatic rings. The smallest absolute Gasteiger partial charge is 0.265 e. The molecule has 8 nitrogen and oxygen atoms in total. The number of nitrogens with zero attached hydrogens (tertiary/aromatic N) is 1. The molecule has 1 aromatic heterocycles. The van der Waals surface area contributed by atoms with Crippen molar-refractivity contribution in [1.82, 2.24) is 4.31 Å². The molecule has 2 N–H and O–H groups in total.